The Morgan fingerprint density at radius 3 is 2.52 bits per heavy atom. The van der Waals surface area contributed by atoms with Crippen LogP contribution in [0.5, 0.6) is 0 Å². The van der Waals surface area contributed by atoms with Gasteiger partial charge in [0.1, 0.15) is 0 Å². The molecule has 21 heavy (non-hydrogen) atoms. The molecule has 1 aromatic heterocycles. The topological polar surface area (TPSA) is 58.1 Å². The Bertz CT molecular complexity index is 680. The highest BCUT2D eigenvalue weighted by Crippen LogP contribution is 2.26. The number of nitrogens with one attached hydrogen (secondary N) is 1. The Labute approximate surface area is 125 Å². The number of rotatable bonds is 3. The second kappa shape index (κ2) is 5.91. The van der Waals surface area contributed by atoms with Gasteiger partial charge in [0.2, 0.25) is 11.9 Å². The first-order valence-corrected chi connectivity index (χ1v) is 6.79. The van der Waals surface area contributed by atoms with Crippen molar-refractivity contribution in [2.24, 2.45) is 0 Å². The van der Waals surface area contributed by atoms with E-state index < -0.39 is 0 Å². The molecule has 0 spiro atoms. The van der Waals surface area contributed by atoms with Gasteiger partial charge in [0.25, 0.3) is 0 Å². The van der Waals surface area contributed by atoms with E-state index in [2.05, 4.69) is 15.3 Å². The Balaban J connectivity index is 2.53. The van der Waals surface area contributed by atoms with Gasteiger partial charge in [0.05, 0.1) is 5.69 Å². The van der Waals surface area contributed by atoms with Gasteiger partial charge in [-0.05, 0) is 31.5 Å². The molecule has 0 fully saturated rings. The molecule has 110 valence electrons. The number of carbonyl (C=O) groups excluding carboxylic acids is 1. The van der Waals surface area contributed by atoms with Gasteiger partial charge in [-0.3, -0.25) is 4.79 Å². The van der Waals surface area contributed by atoms with Gasteiger partial charge in [0.15, 0.2) is 0 Å². The fraction of sp³-hybridized carbons (Fsp3) is 0.312. The predicted molar refractivity (Wildman–Crippen MR) is 85.6 cm³/mol. The average molecular weight is 284 g/mol. The molecule has 2 rings (SSSR count). The van der Waals surface area contributed by atoms with Crippen LogP contribution in [0.4, 0.5) is 11.6 Å². The second-order valence-corrected chi connectivity index (χ2v) is 5.24. The fourth-order valence-corrected chi connectivity index (χ4v) is 2.04. The van der Waals surface area contributed by atoms with Crippen LogP contribution in [0.2, 0.25) is 0 Å². The van der Waals surface area contributed by atoms with Gasteiger partial charge in [-0.1, -0.05) is 12.1 Å². The summed E-state index contributed by atoms with van der Waals surface area (Å²) in [7, 11) is 3.84. The van der Waals surface area contributed by atoms with Crippen molar-refractivity contribution in [1.29, 1.82) is 0 Å². The summed E-state index contributed by atoms with van der Waals surface area (Å²) in [5, 5.41) is 2.79. The maximum absolute atomic E-state index is 11.2. The number of hydrogen-bond donors (Lipinski definition) is 1. The van der Waals surface area contributed by atoms with Gasteiger partial charge >= 0.3 is 0 Å². The van der Waals surface area contributed by atoms with Gasteiger partial charge < -0.3 is 10.2 Å². The van der Waals surface area contributed by atoms with Gasteiger partial charge in [-0.25, -0.2) is 9.97 Å². The SMILES string of the molecule is CC(=O)Nc1cccc(-c2nc(N(C)C)nc(C)c2C)c1. The van der Waals surface area contributed by atoms with Crippen LogP contribution in [0.15, 0.2) is 24.3 Å². The van der Waals surface area contributed by atoms with Crippen LogP contribution in [-0.4, -0.2) is 30.0 Å². The standard InChI is InChI=1S/C16H20N4O/c1-10-11(2)17-16(20(4)5)19-15(10)13-7-6-8-14(9-13)18-12(3)21/h6-9H,1-5H3,(H,18,21). The lowest BCUT2D eigenvalue weighted by Gasteiger charge is -2.15. The first-order valence-electron chi connectivity index (χ1n) is 6.79. The number of amides is 1. The molecule has 0 bridgehead atoms. The summed E-state index contributed by atoms with van der Waals surface area (Å²) in [5.41, 5.74) is 4.61. The van der Waals surface area contributed by atoms with Crippen molar-refractivity contribution in [1.82, 2.24) is 9.97 Å². The van der Waals surface area contributed by atoms with Crippen LogP contribution in [0, 0.1) is 13.8 Å². The number of benzene rings is 1. The number of aromatic nitrogens is 2. The van der Waals surface area contributed by atoms with E-state index in [0.29, 0.717) is 5.95 Å². The van der Waals surface area contributed by atoms with Crippen LogP contribution < -0.4 is 10.2 Å². The van der Waals surface area contributed by atoms with Crippen LogP contribution >= 0.6 is 0 Å². The zero-order valence-corrected chi connectivity index (χ0v) is 13.1. The molecule has 0 saturated heterocycles. The summed E-state index contributed by atoms with van der Waals surface area (Å²) in [4.78, 5) is 22.2. The number of nitrogens with zero attached hydrogens (tertiary/aromatic N) is 3. The molecule has 2 aromatic rings. The summed E-state index contributed by atoms with van der Waals surface area (Å²) in [6, 6.07) is 7.68. The number of carbonyl (C=O) groups is 1. The van der Waals surface area contributed by atoms with E-state index in [1.165, 1.54) is 6.92 Å². The lowest BCUT2D eigenvalue weighted by Crippen LogP contribution is -2.14. The quantitative estimate of drug-likeness (QED) is 0.941. The van der Waals surface area contributed by atoms with Crippen molar-refractivity contribution in [2.75, 3.05) is 24.3 Å². The van der Waals surface area contributed by atoms with E-state index in [1.54, 1.807) is 0 Å². The minimum Gasteiger partial charge on any atom is -0.347 e. The maximum Gasteiger partial charge on any atom is 0.225 e. The molecular formula is C16H20N4O. The second-order valence-electron chi connectivity index (χ2n) is 5.24. The minimum absolute atomic E-state index is 0.0864. The zero-order valence-electron chi connectivity index (χ0n) is 13.1. The molecule has 0 aliphatic carbocycles. The molecule has 1 N–H and O–H groups in total. The minimum atomic E-state index is -0.0864. The monoisotopic (exact) mass is 284 g/mol. The van der Waals surface area contributed by atoms with E-state index in [1.807, 2.05) is 57.1 Å². The first-order chi connectivity index (χ1) is 9.88. The molecule has 1 amide bonds. The smallest absolute Gasteiger partial charge is 0.225 e. The van der Waals surface area contributed by atoms with Gasteiger partial charge in [0, 0.05) is 38.0 Å². The molecule has 5 nitrogen and oxygen atoms in total. The molecule has 0 radical (unpaired) electrons. The largest absolute Gasteiger partial charge is 0.347 e. The summed E-state index contributed by atoms with van der Waals surface area (Å²) in [5.74, 6) is 0.592. The van der Waals surface area contributed by atoms with E-state index >= 15 is 0 Å². The van der Waals surface area contributed by atoms with Crippen LogP contribution in [0.3, 0.4) is 0 Å². The van der Waals surface area contributed by atoms with E-state index in [-0.39, 0.29) is 5.91 Å². The van der Waals surface area contributed by atoms with Crippen molar-refractivity contribution < 1.29 is 4.79 Å². The van der Waals surface area contributed by atoms with Crippen molar-refractivity contribution in [2.45, 2.75) is 20.8 Å². The summed E-state index contributed by atoms with van der Waals surface area (Å²) < 4.78 is 0. The molecule has 0 unspecified atom stereocenters. The molecule has 0 aliphatic rings. The Kier molecular flexibility index (Phi) is 4.21. The lowest BCUT2D eigenvalue weighted by molar-refractivity contribution is -0.114. The highest BCUT2D eigenvalue weighted by atomic mass is 16.1. The molecule has 1 heterocycles. The third-order valence-electron chi connectivity index (χ3n) is 3.23. The van der Waals surface area contributed by atoms with Crippen LogP contribution in [-0.2, 0) is 4.79 Å². The summed E-state index contributed by atoms with van der Waals surface area (Å²) >= 11 is 0. The molecule has 0 saturated carbocycles. The van der Waals surface area contributed by atoms with Crippen molar-refractivity contribution in [3.05, 3.63) is 35.5 Å². The third kappa shape index (κ3) is 3.37. The molecule has 0 atom stereocenters. The lowest BCUT2D eigenvalue weighted by atomic mass is 10.1. The third-order valence-corrected chi connectivity index (χ3v) is 3.23. The summed E-state index contributed by atoms with van der Waals surface area (Å²) in [6.07, 6.45) is 0. The number of hydrogen-bond acceptors (Lipinski definition) is 4. The summed E-state index contributed by atoms with van der Waals surface area (Å²) in [6.45, 7) is 5.48. The van der Waals surface area contributed by atoms with Crippen LogP contribution in [0.25, 0.3) is 11.3 Å². The molecule has 1 aromatic carbocycles. The van der Waals surface area contributed by atoms with Crippen molar-refractivity contribution in [3.8, 4) is 11.3 Å². The molecule has 5 heteroatoms. The first kappa shape index (κ1) is 15.0. The maximum atomic E-state index is 11.2. The van der Waals surface area contributed by atoms with Crippen molar-refractivity contribution in [3.63, 3.8) is 0 Å². The van der Waals surface area contributed by atoms with Gasteiger partial charge in [-0.15, -0.1) is 0 Å². The Morgan fingerprint density at radius 2 is 1.90 bits per heavy atom. The fourth-order valence-electron chi connectivity index (χ4n) is 2.04. The van der Waals surface area contributed by atoms with E-state index in [0.717, 1.165) is 28.2 Å². The van der Waals surface area contributed by atoms with E-state index in [4.69, 9.17) is 0 Å². The molecular weight excluding hydrogens is 264 g/mol. The highest BCUT2D eigenvalue weighted by Gasteiger charge is 2.11. The zero-order chi connectivity index (χ0) is 15.6. The Morgan fingerprint density at radius 1 is 1.19 bits per heavy atom. The highest BCUT2D eigenvalue weighted by molar-refractivity contribution is 5.89. The number of anilines is 2. The van der Waals surface area contributed by atoms with Crippen LogP contribution in [0.1, 0.15) is 18.2 Å². The molecule has 0 aliphatic heterocycles. The van der Waals surface area contributed by atoms with E-state index in [9.17, 15) is 4.79 Å². The van der Waals surface area contributed by atoms with Gasteiger partial charge in [-0.2, -0.15) is 0 Å². The predicted octanol–water partition coefficient (Wildman–Crippen LogP) is 2.78. The normalized spacial score (nSPS) is 10.3. The number of aryl methyl sites for hydroxylation is 1. The average Bonchev–Trinajstić information content (AvgIpc) is 2.41. The Hall–Kier alpha value is -2.43. The van der Waals surface area contributed by atoms with Crippen molar-refractivity contribution >= 4 is 17.5 Å².